The summed E-state index contributed by atoms with van der Waals surface area (Å²) in [4.78, 5) is 13.5. The number of allylic oxidation sites excluding steroid dienone is 4. The summed E-state index contributed by atoms with van der Waals surface area (Å²) in [5.41, 5.74) is 7.10. The van der Waals surface area contributed by atoms with Gasteiger partial charge >= 0.3 is 5.97 Å². The van der Waals surface area contributed by atoms with Gasteiger partial charge in [0.25, 0.3) is 0 Å². The molecule has 2 aliphatic rings. The predicted molar refractivity (Wildman–Crippen MR) is 80.6 cm³/mol. The van der Waals surface area contributed by atoms with Crippen molar-refractivity contribution in [1.82, 2.24) is 0 Å². The minimum Gasteiger partial charge on any atom is -0.461 e. The first-order valence-electron chi connectivity index (χ1n) is 6.75. The summed E-state index contributed by atoms with van der Waals surface area (Å²) in [7, 11) is 0. The lowest BCUT2D eigenvalue weighted by Gasteiger charge is -2.20. The maximum absolute atomic E-state index is 12.3. The van der Waals surface area contributed by atoms with Crippen molar-refractivity contribution in [2.24, 2.45) is 17.6 Å². The number of carbonyl (C=O) groups excluding carboxylic acids is 1. The van der Waals surface area contributed by atoms with Crippen LogP contribution in [0.1, 0.15) is 12.0 Å². The van der Waals surface area contributed by atoms with E-state index in [1.165, 1.54) is 4.91 Å². The second kappa shape index (κ2) is 5.85. The first kappa shape index (κ1) is 13.5. The maximum Gasteiger partial charge on any atom is 0.312 e. The number of ether oxygens (including phenoxy) is 1. The third-order valence-corrected chi connectivity index (χ3v) is 4.98. The molecule has 3 atom stereocenters. The van der Waals surface area contributed by atoms with Gasteiger partial charge in [0.05, 0.1) is 11.3 Å². The van der Waals surface area contributed by atoms with Gasteiger partial charge in [0.1, 0.15) is 6.61 Å². The van der Waals surface area contributed by atoms with E-state index in [4.69, 9.17) is 10.5 Å². The molecule has 4 heteroatoms. The fraction of sp³-hybridized carbons (Fsp3) is 0.312. The standard InChI is InChI=1S/C16H17NO2S/c17-15-14(12-8-4-5-9-13(12)20-15)16(18)19-10-11-6-2-1-3-7-11/h1-7,9,12,14-15H,8,10,17H2. The molecule has 1 aliphatic carbocycles. The third kappa shape index (κ3) is 2.67. The van der Waals surface area contributed by atoms with Gasteiger partial charge in [0, 0.05) is 5.92 Å². The minimum absolute atomic E-state index is 0.183. The van der Waals surface area contributed by atoms with Crippen LogP contribution in [-0.4, -0.2) is 11.3 Å². The van der Waals surface area contributed by atoms with Crippen molar-refractivity contribution in [1.29, 1.82) is 0 Å². The highest BCUT2D eigenvalue weighted by Crippen LogP contribution is 2.47. The number of carbonyl (C=O) groups is 1. The molecule has 1 heterocycles. The SMILES string of the molecule is NC1SC2=CC=CCC2C1C(=O)OCc1ccccc1. The van der Waals surface area contributed by atoms with Gasteiger partial charge in [-0.2, -0.15) is 0 Å². The largest absolute Gasteiger partial charge is 0.461 e. The summed E-state index contributed by atoms with van der Waals surface area (Å²) in [5.74, 6) is -0.222. The van der Waals surface area contributed by atoms with Crippen molar-refractivity contribution in [2.75, 3.05) is 0 Å². The topological polar surface area (TPSA) is 52.3 Å². The lowest BCUT2D eigenvalue weighted by atomic mass is 9.87. The molecule has 2 N–H and O–H groups in total. The lowest BCUT2D eigenvalue weighted by Crippen LogP contribution is -2.34. The summed E-state index contributed by atoms with van der Waals surface area (Å²) in [6.07, 6.45) is 7.05. The first-order chi connectivity index (χ1) is 9.75. The fourth-order valence-electron chi connectivity index (χ4n) is 2.66. The highest BCUT2D eigenvalue weighted by atomic mass is 32.2. The van der Waals surface area contributed by atoms with Gasteiger partial charge in [-0.3, -0.25) is 4.79 Å². The van der Waals surface area contributed by atoms with E-state index in [1.807, 2.05) is 36.4 Å². The van der Waals surface area contributed by atoms with Crippen LogP contribution in [0.4, 0.5) is 0 Å². The Morgan fingerprint density at radius 1 is 1.35 bits per heavy atom. The number of esters is 1. The molecule has 104 valence electrons. The van der Waals surface area contributed by atoms with E-state index < -0.39 is 0 Å². The van der Waals surface area contributed by atoms with Gasteiger partial charge < -0.3 is 10.5 Å². The number of rotatable bonds is 3. The van der Waals surface area contributed by atoms with Crippen molar-refractivity contribution in [3.8, 4) is 0 Å². The molecule has 3 unspecified atom stereocenters. The molecule has 1 aromatic carbocycles. The van der Waals surface area contributed by atoms with Gasteiger partial charge in [-0.1, -0.05) is 48.6 Å². The molecule has 0 amide bonds. The third-order valence-electron chi connectivity index (χ3n) is 3.71. The number of nitrogens with two attached hydrogens (primary N) is 1. The maximum atomic E-state index is 12.3. The van der Waals surface area contributed by atoms with Crippen molar-refractivity contribution in [2.45, 2.75) is 18.4 Å². The lowest BCUT2D eigenvalue weighted by molar-refractivity contribution is -0.151. The molecule has 0 saturated carbocycles. The van der Waals surface area contributed by atoms with Gasteiger partial charge in [-0.05, 0) is 16.9 Å². The van der Waals surface area contributed by atoms with Crippen molar-refractivity contribution in [3.05, 3.63) is 59.0 Å². The average molecular weight is 287 g/mol. The first-order valence-corrected chi connectivity index (χ1v) is 7.63. The summed E-state index contributed by atoms with van der Waals surface area (Å²) in [5, 5.41) is -0.200. The Labute approximate surface area is 122 Å². The van der Waals surface area contributed by atoms with E-state index in [1.54, 1.807) is 11.8 Å². The zero-order valence-electron chi connectivity index (χ0n) is 11.1. The van der Waals surface area contributed by atoms with E-state index in [0.717, 1.165) is 12.0 Å². The van der Waals surface area contributed by atoms with Crippen LogP contribution in [0.5, 0.6) is 0 Å². The second-order valence-electron chi connectivity index (χ2n) is 5.04. The molecule has 0 aromatic heterocycles. The molecule has 0 bridgehead atoms. The minimum atomic E-state index is -0.236. The van der Waals surface area contributed by atoms with E-state index in [2.05, 4.69) is 12.2 Å². The van der Waals surface area contributed by atoms with Crippen LogP contribution in [0.2, 0.25) is 0 Å². The quantitative estimate of drug-likeness (QED) is 0.869. The Kier molecular flexibility index (Phi) is 3.94. The molecule has 1 fully saturated rings. The molecule has 3 nitrogen and oxygen atoms in total. The van der Waals surface area contributed by atoms with Crippen molar-refractivity contribution >= 4 is 17.7 Å². The van der Waals surface area contributed by atoms with Crippen LogP contribution < -0.4 is 5.73 Å². The Morgan fingerprint density at radius 3 is 2.95 bits per heavy atom. The normalized spacial score (nSPS) is 27.9. The Bertz CT molecular complexity index is 553. The highest BCUT2D eigenvalue weighted by molar-refractivity contribution is 8.04. The van der Waals surface area contributed by atoms with Gasteiger partial charge in [-0.25, -0.2) is 0 Å². The number of fused-ring (bicyclic) bond motifs is 1. The van der Waals surface area contributed by atoms with E-state index in [-0.39, 0.29) is 23.2 Å². The van der Waals surface area contributed by atoms with Crippen LogP contribution >= 0.6 is 11.8 Å². The molecule has 1 aliphatic heterocycles. The van der Waals surface area contributed by atoms with Crippen LogP contribution in [0.15, 0.2) is 53.5 Å². The molecular weight excluding hydrogens is 270 g/mol. The van der Waals surface area contributed by atoms with Crippen molar-refractivity contribution < 1.29 is 9.53 Å². The average Bonchev–Trinajstić information content (AvgIpc) is 2.82. The summed E-state index contributed by atoms with van der Waals surface area (Å²) >= 11 is 1.59. The Hall–Kier alpha value is -1.52. The molecule has 0 spiro atoms. The van der Waals surface area contributed by atoms with Crippen LogP contribution in [0, 0.1) is 11.8 Å². The molecule has 3 rings (SSSR count). The van der Waals surface area contributed by atoms with Gasteiger partial charge in [-0.15, -0.1) is 11.8 Å². The van der Waals surface area contributed by atoms with E-state index in [9.17, 15) is 4.79 Å². The zero-order chi connectivity index (χ0) is 13.9. The summed E-state index contributed by atoms with van der Waals surface area (Å²) in [6.45, 7) is 0.315. The molecule has 1 aromatic rings. The van der Waals surface area contributed by atoms with Crippen LogP contribution in [0.3, 0.4) is 0 Å². The Balaban J connectivity index is 1.65. The molecule has 20 heavy (non-hydrogen) atoms. The molecule has 0 radical (unpaired) electrons. The molecular formula is C16H17NO2S. The smallest absolute Gasteiger partial charge is 0.312 e. The number of thioether (sulfide) groups is 1. The predicted octanol–water partition coefficient (Wildman–Crippen LogP) is 2.84. The molecule has 1 saturated heterocycles. The van der Waals surface area contributed by atoms with Gasteiger partial charge in [0.2, 0.25) is 0 Å². The van der Waals surface area contributed by atoms with E-state index >= 15 is 0 Å². The summed E-state index contributed by atoms with van der Waals surface area (Å²) in [6, 6.07) is 9.72. The highest BCUT2D eigenvalue weighted by Gasteiger charge is 2.43. The monoisotopic (exact) mass is 287 g/mol. The number of hydrogen-bond acceptors (Lipinski definition) is 4. The van der Waals surface area contributed by atoms with Crippen molar-refractivity contribution in [3.63, 3.8) is 0 Å². The number of hydrogen-bond donors (Lipinski definition) is 1. The fourth-order valence-corrected chi connectivity index (χ4v) is 4.00. The number of benzene rings is 1. The van der Waals surface area contributed by atoms with Gasteiger partial charge in [0.15, 0.2) is 0 Å². The second-order valence-corrected chi connectivity index (χ2v) is 6.29. The van der Waals surface area contributed by atoms with E-state index in [0.29, 0.717) is 6.61 Å². The Morgan fingerprint density at radius 2 is 2.15 bits per heavy atom. The summed E-state index contributed by atoms with van der Waals surface area (Å²) < 4.78 is 5.45. The zero-order valence-corrected chi connectivity index (χ0v) is 11.9. The van der Waals surface area contributed by atoms with Crippen LogP contribution in [0.25, 0.3) is 0 Å². The van der Waals surface area contributed by atoms with Crippen LogP contribution in [-0.2, 0) is 16.1 Å².